The Morgan fingerprint density at radius 2 is 2.00 bits per heavy atom. The van der Waals surface area contributed by atoms with Gasteiger partial charge in [-0.15, -0.1) is 24.0 Å². The van der Waals surface area contributed by atoms with Crippen LogP contribution in [0.4, 0.5) is 0 Å². The van der Waals surface area contributed by atoms with Crippen molar-refractivity contribution in [3.63, 3.8) is 0 Å². The average Bonchev–Trinajstić information content (AvgIpc) is 2.60. The van der Waals surface area contributed by atoms with Crippen molar-refractivity contribution in [3.05, 3.63) is 47.5 Å². The zero-order chi connectivity index (χ0) is 16.2. The summed E-state index contributed by atoms with van der Waals surface area (Å²) in [5.74, 6) is 0.924. The molecular weight excluding hydrogens is 413 g/mol. The lowest BCUT2D eigenvalue weighted by atomic mass is 10.1. The van der Waals surface area contributed by atoms with Gasteiger partial charge in [0.1, 0.15) is 0 Å². The van der Waals surface area contributed by atoms with E-state index in [1.54, 1.807) is 0 Å². The van der Waals surface area contributed by atoms with Crippen molar-refractivity contribution < 1.29 is 4.74 Å². The molecule has 1 heterocycles. The van der Waals surface area contributed by atoms with E-state index < -0.39 is 0 Å². The molecular formula is C19H30IN3O. The largest absolute Gasteiger partial charge is 0.377 e. The zero-order valence-electron chi connectivity index (χ0n) is 14.6. The summed E-state index contributed by atoms with van der Waals surface area (Å²) in [5, 5.41) is 6.74. The Kier molecular flexibility index (Phi) is 11.6. The molecule has 1 aromatic carbocycles. The van der Waals surface area contributed by atoms with Gasteiger partial charge in [-0.25, -0.2) is 0 Å². The molecule has 1 aliphatic rings. The summed E-state index contributed by atoms with van der Waals surface area (Å²) in [4.78, 5) is 4.66. The van der Waals surface area contributed by atoms with E-state index in [9.17, 15) is 0 Å². The van der Waals surface area contributed by atoms with Crippen molar-refractivity contribution in [2.75, 3.05) is 32.8 Å². The van der Waals surface area contributed by atoms with E-state index in [4.69, 9.17) is 4.74 Å². The summed E-state index contributed by atoms with van der Waals surface area (Å²) in [6.45, 7) is 6.39. The number of ether oxygens (including phenoxy) is 1. The summed E-state index contributed by atoms with van der Waals surface area (Å²) in [6, 6.07) is 10.6. The van der Waals surface area contributed by atoms with Gasteiger partial charge in [-0.1, -0.05) is 42.0 Å². The second-order valence-electron chi connectivity index (χ2n) is 5.71. The van der Waals surface area contributed by atoms with E-state index in [0.29, 0.717) is 0 Å². The number of guanidine groups is 1. The average molecular weight is 443 g/mol. The van der Waals surface area contributed by atoms with Crippen LogP contribution in [0.5, 0.6) is 0 Å². The first-order valence-corrected chi connectivity index (χ1v) is 8.70. The standard InChI is InChI=1S/C19H29N3O.HI/c1-2-20-19(22-14-10-18-11-15-23-16-12-18)21-13-6-9-17-7-4-3-5-8-17;/h3-5,7-8,11H,2,6,9-10,12-16H2,1H3,(H2,20,21,22);1H. The monoisotopic (exact) mass is 443 g/mol. The first kappa shape index (κ1) is 21.0. The van der Waals surface area contributed by atoms with Gasteiger partial charge in [0.15, 0.2) is 5.96 Å². The van der Waals surface area contributed by atoms with Gasteiger partial charge in [-0.3, -0.25) is 4.99 Å². The van der Waals surface area contributed by atoms with E-state index in [1.165, 1.54) is 11.1 Å². The SMILES string of the molecule is CCNC(=NCCCc1ccccc1)NCCC1=CCOCC1.I. The molecule has 0 unspecified atom stereocenters. The number of hydrogen-bond acceptors (Lipinski definition) is 2. The molecule has 5 heteroatoms. The molecule has 2 rings (SSSR count). The van der Waals surface area contributed by atoms with Gasteiger partial charge in [-0.05, 0) is 38.2 Å². The number of hydrogen-bond donors (Lipinski definition) is 2. The molecule has 0 saturated heterocycles. The Labute approximate surface area is 163 Å². The summed E-state index contributed by atoms with van der Waals surface area (Å²) >= 11 is 0. The summed E-state index contributed by atoms with van der Waals surface area (Å²) < 4.78 is 5.33. The van der Waals surface area contributed by atoms with Crippen LogP contribution in [-0.2, 0) is 11.2 Å². The number of halogens is 1. The molecule has 0 bridgehead atoms. The Hall–Kier alpha value is -1.08. The number of rotatable bonds is 8. The van der Waals surface area contributed by atoms with Crippen molar-refractivity contribution in [3.8, 4) is 0 Å². The lowest BCUT2D eigenvalue weighted by molar-refractivity contribution is 0.153. The molecule has 1 aliphatic heterocycles. The maximum Gasteiger partial charge on any atom is 0.191 e. The number of aryl methyl sites for hydroxylation is 1. The van der Waals surface area contributed by atoms with Gasteiger partial charge >= 0.3 is 0 Å². The topological polar surface area (TPSA) is 45.7 Å². The normalized spacial score (nSPS) is 14.5. The summed E-state index contributed by atoms with van der Waals surface area (Å²) in [6.07, 6.45) is 6.49. The minimum Gasteiger partial charge on any atom is -0.377 e. The second kappa shape index (κ2) is 13.2. The third-order valence-electron chi connectivity index (χ3n) is 3.88. The molecule has 2 N–H and O–H groups in total. The van der Waals surface area contributed by atoms with Gasteiger partial charge in [-0.2, -0.15) is 0 Å². The first-order valence-electron chi connectivity index (χ1n) is 8.70. The Bertz CT molecular complexity index is 503. The van der Waals surface area contributed by atoms with Crippen LogP contribution >= 0.6 is 24.0 Å². The molecule has 24 heavy (non-hydrogen) atoms. The molecule has 0 fully saturated rings. The van der Waals surface area contributed by atoms with Crippen molar-refractivity contribution in [1.29, 1.82) is 0 Å². The van der Waals surface area contributed by atoms with Crippen molar-refractivity contribution in [2.24, 2.45) is 4.99 Å². The summed E-state index contributed by atoms with van der Waals surface area (Å²) in [5.41, 5.74) is 2.87. The van der Waals surface area contributed by atoms with Gasteiger partial charge < -0.3 is 15.4 Å². The summed E-state index contributed by atoms with van der Waals surface area (Å²) in [7, 11) is 0. The lowest BCUT2D eigenvalue weighted by Gasteiger charge is -2.15. The van der Waals surface area contributed by atoms with Crippen LogP contribution < -0.4 is 10.6 Å². The van der Waals surface area contributed by atoms with Gasteiger partial charge in [0.2, 0.25) is 0 Å². The molecule has 0 amide bonds. The molecule has 1 aromatic rings. The van der Waals surface area contributed by atoms with Crippen LogP contribution in [0, 0.1) is 0 Å². The van der Waals surface area contributed by atoms with Gasteiger partial charge in [0, 0.05) is 19.6 Å². The highest BCUT2D eigenvalue weighted by molar-refractivity contribution is 14.0. The van der Waals surface area contributed by atoms with Crippen molar-refractivity contribution in [1.82, 2.24) is 10.6 Å². The molecule has 0 aliphatic carbocycles. The minimum absolute atomic E-state index is 0. The molecule has 0 atom stereocenters. The lowest BCUT2D eigenvalue weighted by Crippen LogP contribution is -2.38. The molecule has 0 aromatic heterocycles. The number of nitrogens with zero attached hydrogens (tertiary/aromatic N) is 1. The molecule has 4 nitrogen and oxygen atoms in total. The van der Waals surface area contributed by atoms with E-state index in [-0.39, 0.29) is 24.0 Å². The smallest absolute Gasteiger partial charge is 0.191 e. The Morgan fingerprint density at radius 3 is 2.71 bits per heavy atom. The van der Waals surface area contributed by atoms with Crippen molar-refractivity contribution in [2.45, 2.75) is 32.6 Å². The van der Waals surface area contributed by atoms with E-state index in [2.05, 4.69) is 59.0 Å². The second-order valence-corrected chi connectivity index (χ2v) is 5.71. The van der Waals surface area contributed by atoms with Crippen LogP contribution in [0.1, 0.15) is 31.7 Å². The minimum atomic E-state index is 0. The van der Waals surface area contributed by atoms with E-state index in [1.807, 2.05) is 0 Å². The molecule has 0 radical (unpaired) electrons. The van der Waals surface area contributed by atoms with Crippen LogP contribution in [-0.4, -0.2) is 38.8 Å². The molecule has 0 spiro atoms. The maximum absolute atomic E-state index is 5.33. The van der Waals surface area contributed by atoms with E-state index >= 15 is 0 Å². The fourth-order valence-corrected chi connectivity index (χ4v) is 2.59. The Morgan fingerprint density at radius 1 is 1.17 bits per heavy atom. The maximum atomic E-state index is 5.33. The quantitative estimate of drug-likeness (QED) is 0.213. The van der Waals surface area contributed by atoms with Crippen LogP contribution in [0.15, 0.2) is 47.0 Å². The van der Waals surface area contributed by atoms with Crippen LogP contribution in [0.25, 0.3) is 0 Å². The van der Waals surface area contributed by atoms with Crippen LogP contribution in [0.2, 0.25) is 0 Å². The fourth-order valence-electron chi connectivity index (χ4n) is 2.59. The molecule has 134 valence electrons. The predicted molar refractivity (Wildman–Crippen MR) is 112 cm³/mol. The van der Waals surface area contributed by atoms with Gasteiger partial charge in [0.25, 0.3) is 0 Å². The fraction of sp³-hybridized carbons (Fsp3) is 0.526. The third kappa shape index (κ3) is 8.68. The highest BCUT2D eigenvalue weighted by Crippen LogP contribution is 2.10. The third-order valence-corrected chi connectivity index (χ3v) is 3.88. The highest BCUT2D eigenvalue weighted by atomic mass is 127. The Balaban J connectivity index is 0.00000288. The zero-order valence-corrected chi connectivity index (χ0v) is 16.9. The van der Waals surface area contributed by atoms with Gasteiger partial charge in [0.05, 0.1) is 13.2 Å². The number of aliphatic imine (C=N–C) groups is 1. The van der Waals surface area contributed by atoms with Crippen molar-refractivity contribution >= 4 is 29.9 Å². The van der Waals surface area contributed by atoms with E-state index in [0.717, 1.165) is 64.5 Å². The highest BCUT2D eigenvalue weighted by Gasteiger charge is 2.04. The number of benzene rings is 1. The number of nitrogens with one attached hydrogen (secondary N) is 2. The first-order chi connectivity index (χ1) is 11.4. The predicted octanol–water partition coefficient (Wildman–Crippen LogP) is 3.53. The molecule has 0 saturated carbocycles. The van der Waals surface area contributed by atoms with Crippen LogP contribution in [0.3, 0.4) is 0 Å².